The van der Waals surface area contributed by atoms with Gasteiger partial charge in [0.2, 0.25) is 0 Å². The third-order valence-corrected chi connectivity index (χ3v) is 10.0. The molecule has 10 aromatic rings. The number of pyridine rings is 4. The zero-order valence-electron chi connectivity index (χ0n) is 28.0. The maximum absolute atomic E-state index is 5.22. The Labute approximate surface area is 294 Å². The molecule has 0 bridgehead atoms. The number of nitrogens with one attached hydrogen (secondary N) is 1. The number of aromatic nitrogens is 5. The van der Waals surface area contributed by atoms with Crippen LogP contribution in [0.5, 0.6) is 0 Å². The fourth-order valence-electron chi connectivity index (χ4n) is 7.72. The molecule has 5 aromatic heterocycles. The second-order valence-electron chi connectivity index (χ2n) is 13.0. The highest BCUT2D eigenvalue weighted by molar-refractivity contribution is 6.22. The predicted molar refractivity (Wildman–Crippen MR) is 212 cm³/mol. The lowest BCUT2D eigenvalue weighted by Crippen LogP contribution is -2.01. The van der Waals surface area contributed by atoms with Crippen LogP contribution in [0.15, 0.2) is 146 Å². The highest BCUT2D eigenvalue weighted by atomic mass is 15.1. The summed E-state index contributed by atoms with van der Waals surface area (Å²) in [4.78, 5) is 19.6. The summed E-state index contributed by atoms with van der Waals surface area (Å²) < 4.78 is 2.18. The summed E-state index contributed by atoms with van der Waals surface area (Å²) in [6.45, 7) is 3.06. The molecule has 0 aliphatic carbocycles. The van der Waals surface area contributed by atoms with E-state index in [1.165, 1.54) is 32.7 Å². The summed E-state index contributed by atoms with van der Waals surface area (Å²) in [7, 11) is 0. The Hall–Kier alpha value is -6.66. The van der Waals surface area contributed by atoms with Gasteiger partial charge >= 0.3 is 0 Å². The number of rotatable bonds is 6. The van der Waals surface area contributed by atoms with Crippen LogP contribution in [0, 0.1) is 0 Å². The topological polar surface area (TPSA) is 68.5 Å². The van der Waals surface area contributed by atoms with E-state index in [1.54, 1.807) is 0 Å². The van der Waals surface area contributed by atoms with E-state index in [9.17, 15) is 0 Å². The van der Waals surface area contributed by atoms with E-state index in [2.05, 4.69) is 132 Å². The molecule has 6 heteroatoms. The third-order valence-electron chi connectivity index (χ3n) is 10.0. The van der Waals surface area contributed by atoms with Gasteiger partial charge in [0.1, 0.15) is 17.3 Å². The second kappa shape index (κ2) is 11.7. The summed E-state index contributed by atoms with van der Waals surface area (Å²) in [5.41, 5.74) is 8.38. The summed E-state index contributed by atoms with van der Waals surface area (Å²) in [6, 6.07) is 45.2. The van der Waals surface area contributed by atoms with Crippen LogP contribution in [0.25, 0.3) is 93.4 Å². The van der Waals surface area contributed by atoms with Crippen molar-refractivity contribution in [2.45, 2.75) is 13.3 Å². The quantitative estimate of drug-likeness (QED) is 0.142. The molecule has 0 amide bonds. The van der Waals surface area contributed by atoms with Crippen molar-refractivity contribution in [3.05, 3.63) is 146 Å². The van der Waals surface area contributed by atoms with Crippen LogP contribution < -0.4 is 5.32 Å². The molecule has 5 aromatic carbocycles. The Morgan fingerprint density at radius 2 is 1.20 bits per heavy atom. The molecule has 0 spiro atoms. The SMILES string of the molecule is CCCNc1ccc(-c2c3ccccc3c(-c3ccc4c(c3)c3cccnc3n4-c3ccc4ccc5cccnc5c4n3)c3ccccc23)cn1. The minimum absolute atomic E-state index is 0.817. The molecule has 0 unspecified atom stereocenters. The Bertz CT molecular complexity index is 2900. The Morgan fingerprint density at radius 3 is 1.92 bits per heavy atom. The first-order valence-corrected chi connectivity index (χ1v) is 17.4. The fourth-order valence-corrected chi connectivity index (χ4v) is 7.72. The minimum atomic E-state index is 0.817. The van der Waals surface area contributed by atoms with Crippen molar-refractivity contribution < 1.29 is 0 Å². The van der Waals surface area contributed by atoms with E-state index in [4.69, 9.17) is 19.9 Å². The van der Waals surface area contributed by atoms with Gasteiger partial charge < -0.3 is 5.32 Å². The summed E-state index contributed by atoms with van der Waals surface area (Å²) >= 11 is 0. The molecule has 0 aliphatic rings. The zero-order chi connectivity index (χ0) is 33.9. The molecule has 242 valence electrons. The third kappa shape index (κ3) is 4.64. The predicted octanol–water partition coefficient (Wildman–Crippen LogP) is 11.1. The van der Waals surface area contributed by atoms with Crippen LogP contribution in [0.2, 0.25) is 0 Å². The Kier molecular flexibility index (Phi) is 6.74. The van der Waals surface area contributed by atoms with Gasteiger partial charge in [0.25, 0.3) is 0 Å². The maximum Gasteiger partial charge on any atom is 0.146 e. The monoisotopic (exact) mass is 656 g/mol. The van der Waals surface area contributed by atoms with Crippen LogP contribution in [-0.2, 0) is 0 Å². The van der Waals surface area contributed by atoms with Crippen LogP contribution in [0.1, 0.15) is 13.3 Å². The van der Waals surface area contributed by atoms with Crippen LogP contribution in [0.4, 0.5) is 5.82 Å². The summed E-state index contributed by atoms with van der Waals surface area (Å²) in [5, 5.41) is 12.6. The lowest BCUT2D eigenvalue weighted by Gasteiger charge is -2.18. The summed E-state index contributed by atoms with van der Waals surface area (Å²) in [5.74, 6) is 1.72. The van der Waals surface area contributed by atoms with Crippen molar-refractivity contribution in [1.82, 2.24) is 24.5 Å². The van der Waals surface area contributed by atoms with Crippen molar-refractivity contribution in [3.8, 4) is 28.1 Å². The first-order chi connectivity index (χ1) is 25.3. The molecule has 0 radical (unpaired) electrons. The van der Waals surface area contributed by atoms with Crippen LogP contribution in [0.3, 0.4) is 0 Å². The van der Waals surface area contributed by atoms with Gasteiger partial charge in [-0.3, -0.25) is 9.55 Å². The van der Waals surface area contributed by atoms with E-state index < -0.39 is 0 Å². The van der Waals surface area contributed by atoms with E-state index >= 15 is 0 Å². The summed E-state index contributed by atoms with van der Waals surface area (Å²) in [6.07, 6.45) is 6.74. The van der Waals surface area contributed by atoms with Crippen molar-refractivity contribution >= 4 is 71.1 Å². The molecule has 51 heavy (non-hydrogen) atoms. The van der Waals surface area contributed by atoms with Gasteiger partial charge in [-0.15, -0.1) is 0 Å². The lowest BCUT2D eigenvalue weighted by atomic mass is 9.86. The molecule has 0 saturated carbocycles. The number of nitrogens with zero attached hydrogens (tertiary/aromatic N) is 5. The minimum Gasteiger partial charge on any atom is -0.370 e. The van der Waals surface area contributed by atoms with E-state index in [0.29, 0.717) is 0 Å². The largest absolute Gasteiger partial charge is 0.370 e. The average Bonchev–Trinajstić information content (AvgIpc) is 3.52. The van der Waals surface area contributed by atoms with Gasteiger partial charge in [-0.1, -0.05) is 79.7 Å². The van der Waals surface area contributed by atoms with Gasteiger partial charge in [-0.25, -0.2) is 15.0 Å². The second-order valence-corrected chi connectivity index (χ2v) is 13.0. The molecule has 0 atom stereocenters. The number of benzene rings is 5. The van der Waals surface area contributed by atoms with E-state index in [-0.39, 0.29) is 0 Å². The molecule has 0 saturated heterocycles. The fraction of sp³-hybridized carbons (Fsp3) is 0.0667. The van der Waals surface area contributed by atoms with Gasteiger partial charge in [0.05, 0.1) is 16.6 Å². The first-order valence-electron chi connectivity index (χ1n) is 17.4. The Morgan fingerprint density at radius 1 is 0.549 bits per heavy atom. The van der Waals surface area contributed by atoms with Gasteiger partial charge in [0.15, 0.2) is 0 Å². The zero-order valence-corrected chi connectivity index (χ0v) is 28.0. The molecule has 1 N–H and O–H groups in total. The van der Waals surface area contributed by atoms with Crippen LogP contribution in [-0.4, -0.2) is 31.0 Å². The molecule has 6 nitrogen and oxygen atoms in total. The standard InChI is InChI=1S/C45H32N6/c1-2-23-46-39-21-18-31(27-49-39)42-34-12-5-3-10-32(34)41(33-11-4-6-13-35(33)42)30-17-20-38-37(26-30)36-14-8-25-48-45(36)51(38)40-22-19-29-16-15-28-9-7-24-47-43(28)44(29)50-40/h3-22,24-27H,2,23H2,1H3,(H,46,49). The molecule has 0 fully saturated rings. The first kappa shape index (κ1) is 29.3. The average molecular weight is 657 g/mol. The van der Waals surface area contributed by atoms with Crippen molar-refractivity contribution in [3.63, 3.8) is 0 Å². The molecule has 10 rings (SSSR count). The van der Waals surface area contributed by atoms with Crippen molar-refractivity contribution in [1.29, 1.82) is 0 Å². The molecular weight excluding hydrogens is 625 g/mol. The number of anilines is 1. The van der Waals surface area contributed by atoms with Crippen molar-refractivity contribution in [2.24, 2.45) is 0 Å². The van der Waals surface area contributed by atoms with Gasteiger partial charge in [-0.2, -0.15) is 0 Å². The lowest BCUT2D eigenvalue weighted by molar-refractivity contribution is 0.969. The van der Waals surface area contributed by atoms with Gasteiger partial charge in [0, 0.05) is 52.2 Å². The Balaban J connectivity index is 1.20. The number of fused-ring (bicyclic) bond motifs is 8. The number of hydrogen-bond donors (Lipinski definition) is 1. The highest BCUT2D eigenvalue weighted by Crippen LogP contribution is 2.45. The van der Waals surface area contributed by atoms with Crippen LogP contribution >= 0.6 is 0 Å². The van der Waals surface area contributed by atoms with Gasteiger partial charge in [-0.05, 0) is 99.3 Å². The molecule has 0 aliphatic heterocycles. The molecule has 5 heterocycles. The number of hydrogen-bond acceptors (Lipinski definition) is 5. The highest BCUT2D eigenvalue weighted by Gasteiger charge is 2.20. The van der Waals surface area contributed by atoms with Crippen molar-refractivity contribution in [2.75, 3.05) is 11.9 Å². The molecular formula is C45H32N6. The smallest absolute Gasteiger partial charge is 0.146 e. The van der Waals surface area contributed by atoms with E-state index in [1.807, 2.05) is 30.7 Å². The maximum atomic E-state index is 5.22. The normalized spacial score (nSPS) is 11.8. The van der Waals surface area contributed by atoms with E-state index in [0.717, 1.165) is 79.5 Å².